The highest BCUT2D eigenvalue weighted by molar-refractivity contribution is 7.07. The average Bonchev–Trinajstić information content (AvgIpc) is 3.50. The normalized spacial score (nSPS) is 14.8. The summed E-state index contributed by atoms with van der Waals surface area (Å²) in [6.45, 7) is 9.42. The maximum atomic E-state index is 14.5. The zero-order chi connectivity index (χ0) is 32.7. The molecule has 46 heavy (non-hydrogen) atoms. The Bertz CT molecular complexity index is 2210. The number of nitrogens with zero attached hydrogens (tertiary/aromatic N) is 4. The number of methoxy groups -OCH3 is 1. The van der Waals surface area contributed by atoms with E-state index in [4.69, 9.17) is 32.9 Å². The molecule has 7 nitrogen and oxygen atoms in total. The lowest BCUT2D eigenvalue weighted by Crippen LogP contribution is -2.43. The van der Waals surface area contributed by atoms with Gasteiger partial charge in [0.1, 0.15) is 11.8 Å². The van der Waals surface area contributed by atoms with Gasteiger partial charge in [0, 0.05) is 57.4 Å². The van der Waals surface area contributed by atoms with E-state index in [0.717, 1.165) is 33.3 Å². The van der Waals surface area contributed by atoms with Crippen LogP contribution in [0.1, 0.15) is 49.2 Å². The van der Waals surface area contributed by atoms with Gasteiger partial charge in [0.05, 0.1) is 22.9 Å². The van der Waals surface area contributed by atoms with Gasteiger partial charge < -0.3 is 14.2 Å². The predicted octanol–water partition coefficient (Wildman–Crippen LogP) is 6.73. The van der Waals surface area contributed by atoms with Gasteiger partial charge >= 0.3 is 0 Å². The number of likely N-dealkylation sites (N-methyl/N-ethyl adjacent to an activating group) is 1. The summed E-state index contributed by atoms with van der Waals surface area (Å²) in [5.74, 6) is 0.456. The summed E-state index contributed by atoms with van der Waals surface area (Å²) in [6.07, 6.45) is 1.95. The molecule has 2 aromatic heterocycles. The standard InChI is InChI=1S/C36H34Cl2N4O3S/c1-6-40(7-2)35(44)32-21(3)39-36-42(33(32)26-13-9-11-15-30(26)45-5)34(43)31(46-36)19-27-22(4)41(29-14-10-8-12-25(27)29)20-23-16-17-24(37)18-28(23)38/h8-19,33H,6-7,20H2,1-5H3/b31-19+/t33-/m1/s1. The fraction of sp³-hybridized carbons (Fsp3) is 0.250. The van der Waals surface area contributed by atoms with Crippen LogP contribution in [-0.2, 0) is 11.3 Å². The zero-order valence-electron chi connectivity index (χ0n) is 26.3. The summed E-state index contributed by atoms with van der Waals surface area (Å²) in [5.41, 5.74) is 5.48. The maximum absolute atomic E-state index is 14.5. The summed E-state index contributed by atoms with van der Waals surface area (Å²) < 4.78 is 10.1. The number of allylic oxidation sites excluding steroid dienone is 1. The summed E-state index contributed by atoms with van der Waals surface area (Å²) in [6, 6.07) is 20.5. The second-order valence-electron chi connectivity index (χ2n) is 11.1. The first kappa shape index (κ1) is 31.9. The third-order valence-electron chi connectivity index (χ3n) is 8.63. The molecule has 236 valence electrons. The minimum Gasteiger partial charge on any atom is -0.496 e. The number of hydrogen-bond acceptors (Lipinski definition) is 5. The number of aromatic nitrogens is 2. The number of carbonyl (C=O) groups is 1. The van der Waals surface area contributed by atoms with E-state index in [1.54, 1.807) is 22.6 Å². The molecule has 0 radical (unpaired) electrons. The lowest BCUT2D eigenvalue weighted by atomic mass is 9.94. The molecular formula is C36H34Cl2N4O3S. The number of rotatable bonds is 8. The van der Waals surface area contributed by atoms with Gasteiger partial charge in [-0.15, -0.1) is 0 Å². The number of ether oxygens (including phenoxy) is 1. The van der Waals surface area contributed by atoms with Gasteiger partial charge in [-0.05, 0) is 63.6 Å². The van der Waals surface area contributed by atoms with Crippen LogP contribution >= 0.6 is 34.5 Å². The first-order valence-electron chi connectivity index (χ1n) is 15.1. The van der Waals surface area contributed by atoms with Crippen LogP contribution in [0.3, 0.4) is 0 Å². The number of benzene rings is 3. The van der Waals surface area contributed by atoms with Crippen molar-refractivity contribution in [3.63, 3.8) is 0 Å². The Morgan fingerprint density at radius 2 is 1.76 bits per heavy atom. The van der Waals surface area contributed by atoms with E-state index in [-0.39, 0.29) is 11.5 Å². The van der Waals surface area contributed by atoms with Gasteiger partial charge in [-0.25, -0.2) is 4.99 Å². The highest BCUT2D eigenvalue weighted by Crippen LogP contribution is 2.36. The van der Waals surface area contributed by atoms with E-state index in [1.165, 1.54) is 11.3 Å². The molecule has 0 fully saturated rings. The van der Waals surface area contributed by atoms with Crippen molar-refractivity contribution < 1.29 is 9.53 Å². The zero-order valence-corrected chi connectivity index (χ0v) is 28.6. The van der Waals surface area contributed by atoms with Crippen molar-refractivity contribution >= 4 is 57.4 Å². The molecule has 0 spiro atoms. The molecule has 1 aliphatic heterocycles. The van der Waals surface area contributed by atoms with Crippen molar-refractivity contribution in [3.8, 4) is 5.75 Å². The van der Waals surface area contributed by atoms with Crippen molar-refractivity contribution in [2.24, 2.45) is 4.99 Å². The quantitative estimate of drug-likeness (QED) is 0.184. The largest absolute Gasteiger partial charge is 0.496 e. The fourth-order valence-corrected chi connectivity index (χ4v) is 7.75. The number of amides is 1. The van der Waals surface area contributed by atoms with Crippen molar-refractivity contribution in [3.05, 3.63) is 130 Å². The number of para-hydroxylation sites is 2. The van der Waals surface area contributed by atoms with Crippen LogP contribution in [0.25, 0.3) is 17.0 Å². The Morgan fingerprint density at radius 3 is 2.48 bits per heavy atom. The van der Waals surface area contributed by atoms with Crippen LogP contribution < -0.4 is 19.6 Å². The molecule has 5 aromatic rings. The number of fused-ring (bicyclic) bond motifs is 2. The maximum Gasteiger partial charge on any atom is 0.271 e. The molecule has 0 saturated heterocycles. The highest BCUT2D eigenvalue weighted by Gasteiger charge is 2.35. The topological polar surface area (TPSA) is 68.8 Å². The molecule has 3 heterocycles. The third kappa shape index (κ3) is 5.48. The molecular weight excluding hydrogens is 639 g/mol. The number of halogens is 2. The molecule has 0 aliphatic carbocycles. The summed E-state index contributed by atoms with van der Waals surface area (Å²) in [4.78, 5) is 35.6. The molecule has 1 amide bonds. The molecule has 6 rings (SSSR count). The Morgan fingerprint density at radius 1 is 1.04 bits per heavy atom. The van der Waals surface area contributed by atoms with Crippen molar-refractivity contribution in [1.82, 2.24) is 14.0 Å². The Labute approximate surface area is 281 Å². The minimum atomic E-state index is -0.697. The van der Waals surface area contributed by atoms with Gasteiger partial charge in [-0.3, -0.25) is 14.2 Å². The predicted molar refractivity (Wildman–Crippen MR) is 187 cm³/mol. The summed E-state index contributed by atoms with van der Waals surface area (Å²) in [7, 11) is 1.60. The lowest BCUT2D eigenvalue weighted by Gasteiger charge is -2.29. The van der Waals surface area contributed by atoms with E-state index < -0.39 is 6.04 Å². The second-order valence-corrected chi connectivity index (χ2v) is 13.0. The molecule has 0 unspecified atom stereocenters. The van der Waals surface area contributed by atoms with Crippen LogP contribution in [-0.4, -0.2) is 40.1 Å². The molecule has 1 atom stereocenters. The average molecular weight is 674 g/mol. The van der Waals surface area contributed by atoms with Gasteiger partial charge in [-0.1, -0.05) is 77.0 Å². The minimum absolute atomic E-state index is 0.142. The Hall–Kier alpha value is -4.11. The van der Waals surface area contributed by atoms with E-state index in [9.17, 15) is 9.59 Å². The molecule has 1 aliphatic rings. The van der Waals surface area contributed by atoms with E-state index >= 15 is 0 Å². The number of thiazole rings is 1. The lowest BCUT2D eigenvalue weighted by molar-refractivity contribution is -0.127. The number of carbonyl (C=O) groups excluding carboxylic acids is 1. The van der Waals surface area contributed by atoms with Crippen LogP contribution in [0.5, 0.6) is 5.75 Å². The molecule has 3 aromatic carbocycles. The van der Waals surface area contributed by atoms with Crippen molar-refractivity contribution in [1.29, 1.82) is 0 Å². The first-order chi connectivity index (χ1) is 22.2. The van der Waals surface area contributed by atoms with Crippen molar-refractivity contribution in [2.45, 2.75) is 40.3 Å². The monoisotopic (exact) mass is 672 g/mol. The SMILES string of the molecule is CCN(CC)C(=O)C1=C(C)N=c2s/c(=C/c3c(C)n(Cc4ccc(Cl)cc4Cl)c4ccccc34)c(=O)n2[C@@H]1c1ccccc1OC. The fourth-order valence-electron chi connectivity index (χ4n) is 6.26. The van der Waals surface area contributed by atoms with Crippen LogP contribution in [0, 0.1) is 6.92 Å². The van der Waals surface area contributed by atoms with Crippen LogP contribution in [0.4, 0.5) is 0 Å². The van der Waals surface area contributed by atoms with Gasteiger partial charge in [0.2, 0.25) is 0 Å². The molecule has 0 N–H and O–H groups in total. The Balaban J connectivity index is 1.56. The smallest absolute Gasteiger partial charge is 0.271 e. The van der Waals surface area contributed by atoms with Crippen molar-refractivity contribution in [2.75, 3.05) is 20.2 Å². The van der Waals surface area contributed by atoms with E-state index in [0.29, 0.717) is 56.0 Å². The summed E-state index contributed by atoms with van der Waals surface area (Å²) in [5, 5.41) is 2.20. The molecule has 0 bridgehead atoms. The number of hydrogen-bond donors (Lipinski definition) is 0. The van der Waals surface area contributed by atoms with E-state index in [2.05, 4.69) is 23.6 Å². The first-order valence-corrected chi connectivity index (χ1v) is 16.7. The molecule has 0 saturated carbocycles. The van der Waals surface area contributed by atoms with Gasteiger partial charge in [0.15, 0.2) is 4.80 Å². The van der Waals surface area contributed by atoms with Gasteiger partial charge in [0.25, 0.3) is 11.5 Å². The summed E-state index contributed by atoms with van der Waals surface area (Å²) >= 11 is 14.1. The third-order valence-corrected chi connectivity index (χ3v) is 10.2. The molecule has 10 heteroatoms. The van der Waals surface area contributed by atoms with Crippen LogP contribution in [0.2, 0.25) is 10.0 Å². The van der Waals surface area contributed by atoms with Crippen LogP contribution in [0.15, 0.2) is 87.8 Å². The van der Waals surface area contributed by atoms with E-state index in [1.807, 2.05) is 75.4 Å². The van der Waals surface area contributed by atoms with Gasteiger partial charge in [-0.2, -0.15) is 0 Å². The second kappa shape index (κ2) is 12.9. The highest BCUT2D eigenvalue weighted by atomic mass is 35.5. The Kier molecular flexibility index (Phi) is 8.97.